The van der Waals surface area contributed by atoms with Crippen LogP contribution in [0, 0.1) is 6.92 Å². The molecule has 186 valence electrons. The number of carbonyl (C=O) groups excluding carboxylic acids is 1. The van der Waals surface area contributed by atoms with Crippen molar-refractivity contribution in [2.24, 2.45) is 0 Å². The minimum absolute atomic E-state index is 0.164. The van der Waals surface area contributed by atoms with Gasteiger partial charge in [0.25, 0.3) is 5.91 Å². The molecule has 2 aromatic carbocycles. The van der Waals surface area contributed by atoms with Gasteiger partial charge in [0.05, 0.1) is 30.0 Å². The third-order valence-electron chi connectivity index (χ3n) is 5.40. The number of aryl methyl sites for hydroxylation is 1. The number of fused-ring (bicyclic) bond motifs is 1. The molecule has 5 aromatic rings. The van der Waals surface area contributed by atoms with Crippen LogP contribution in [0.15, 0.2) is 79.4 Å². The molecule has 0 aliphatic carbocycles. The molecular weight excluding hydrogens is 503 g/mol. The van der Waals surface area contributed by atoms with Crippen molar-refractivity contribution in [1.82, 2.24) is 19.9 Å². The number of nitrogens with zero attached hydrogens (tertiary/aromatic N) is 5. The number of aromatic nitrogens is 4. The molecule has 0 aliphatic rings. The lowest BCUT2D eigenvalue weighted by Crippen LogP contribution is -2.31. The summed E-state index contributed by atoms with van der Waals surface area (Å²) in [5.74, 6) is -0.288. The Bertz CT molecular complexity index is 1570. The fourth-order valence-corrected chi connectivity index (χ4v) is 4.69. The van der Waals surface area contributed by atoms with Crippen molar-refractivity contribution in [3.8, 4) is 16.2 Å². The van der Waals surface area contributed by atoms with E-state index in [0.717, 1.165) is 15.3 Å². The highest BCUT2D eigenvalue weighted by molar-refractivity contribution is 7.15. The van der Waals surface area contributed by atoms with Crippen molar-refractivity contribution in [2.75, 3.05) is 4.90 Å². The van der Waals surface area contributed by atoms with Crippen LogP contribution in [0.2, 0.25) is 0 Å². The second-order valence-electron chi connectivity index (χ2n) is 7.99. The zero-order chi connectivity index (χ0) is 26.0. The van der Waals surface area contributed by atoms with Crippen LogP contribution in [0.5, 0.6) is 5.75 Å². The maximum atomic E-state index is 13.5. The van der Waals surface area contributed by atoms with Gasteiger partial charge in [0.15, 0.2) is 5.82 Å². The average Bonchev–Trinajstić information content (AvgIpc) is 3.36. The van der Waals surface area contributed by atoms with E-state index in [0.29, 0.717) is 22.4 Å². The van der Waals surface area contributed by atoms with E-state index < -0.39 is 12.3 Å². The molecule has 0 bridgehead atoms. The number of rotatable bonds is 6. The first-order chi connectivity index (χ1) is 17.8. The molecule has 3 heterocycles. The van der Waals surface area contributed by atoms with Crippen LogP contribution in [0.1, 0.15) is 20.9 Å². The third-order valence-corrected chi connectivity index (χ3v) is 6.52. The summed E-state index contributed by atoms with van der Waals surface area (Å²) in [7, 11) is 0. The highest BCUT2D eigenvalue weighted by atomic mass is 32.1. The number of halogens is 3. The molecule has 0 radical (unpaired) electrons. The largest absolute Gasteiger partial charge is 0.573 e. The predicted molar refractivity (Wildman–Crippen MR) is 133 cm³/mol. The first-order valence-electron chi connectivity index (χ1n) is 11.0. The Morgan fingerprint density at radius 2 is 1.81 bits per heavy atom. The summed E-state index contributed by atoms with van der Waals surface area (Å²) in [5.41, 5.74) is 2.53. The van der Waals surface area contributed by atoms with E-state index in [9.17, 15) is 18.0 Å². The van der Waals surface area contributed by atoms with Crippen LogP contribution < -0.4 is 9.64 Å². The van der Waals surface area contributed by atoms with E-state index in [1.165, 1.54) is 47.1 Å². The summed E-state index contributed by atoms with van der Waals surface area (Å²) in [6, 6.07) is 15.5. The van der Waals surface area contributed by atoms with Gasteiger partial charge in [-0.1, -0.05) is 12.1 Å². The van der Waals surface area contributed by atoms with Gasteiger partial charge in [-0.2, -0.15) is 0 Å². The number of anilines is 1. The van der Waals surface area contributed by atoms with E-state index in [2.05, 4.69) is 24.7 Å². The van der Waals surface area contributed by atoms with Gasteiger partial charge < -0.3 is 4.74 Å². The fourth-order valence-electron chi connectivity index (χ4n) is 3.70. The first kappa shape index (κ1) is 24.3. The monoisotopic (exact) mass is 521 g/mol. The number of para-hydroxylation sites is 2. The topological polar surface area (TPSA) is 81.1 Å². The quantitative estimate of drug-likeness (QED) is 0.265. The third kappa shape index (κ3) is 5.56. The van der Waals surface area contributed by atoms with Crippen LogP contribution in [0.3, 0.4) is 0 Å². The second kappa shape index (κ2) is 9.94. The lowest BCUT2D eigenvalue weighted by Gasteiger charge is -2.20. The summed E-state index contributed by atoms with van der Waals surface area (Å²) >= 11 is 1.41. The van der Waals surface area contributed by atoms with Crippen molar-refractivity contribution < 1.29 is 22.7 Å². The average molecular weight is 522 g/mol. The van der Waals surface area contributed by atoms with Crippen LogP contribution in [0.4, 0.5) is 19.0 Å². The maximum Gasteiger partial charge on any atom is 0.573 e. The zero-order valence-corrected chi connectivity index (χ0v) is 20.1. The predicted octanol–water partition coefficient (Wildman–Crippen LogP) is 6.20. The first-order valence-corrected chi connectivity index (χ1v) is 11.8. The lowest BCUT2D eigenvalue weighted by molar-refractivity contribution is -0.274. The molecule has 0 unspecified atom stereocenters. The molecule has 7 nitrogen and oxygen atoms in total. The highest BCUT2D eigenvalue weighted by Crippen LogP contribution is 2.34. The Morgan fingerprint density at radius 1 is 1.00 bits per heavy atom. The van der Waals surface area contributed by atoms with Crippen molar-refractivity contribution in [1.29, 1.82) is 0 Å². The van der Waals surface area contributed by atoms with Crippen molar-refractivity contribution in [3.63, 3.8) is 0 Å². The molecule has 0 aliphatic heterocycles. The normalized spacial score (nSPS) is 11.5. The molecule has 0 atom stereocenters. The standard InChI is InChI=1S/C26H18F3N5O2S/c1-16-12-17(6-8-22(16)36-26(27,28)29)23-9-7-18(37-23)15-34(24-14-30-10-11-31-24)25(35)21-13-32-19-4-2-3-5-20(19)33-21/h2-14H,15H2,1H3. The van der Waals surface area contributed by atoms with Gasteiger partial charge in [0.1, 0.15) is 11.4 Å². The molecule has 0 spiro atoms. The zero-order valence-electron chi connectivity index (χ0n) is 19.3. The number of amides is 1. The minimum atomic E-state index is -4.76. The van der Waals surface area contributed by atoms with E-state index in [4.69, 9.17) is 0 Å². The molecule has 5 rings (SSSR count). The highest BCUT2D eigenvalue weighted by Gasteiger charge is 2.31. The summed E-state index contributed by atoms with van der Waals surface area (Å²) < 4.78 is 41.9. The van der Waals surface area contributed by atoms with Crippen LogP contribution in [-0.4, -0.2) is 32.2 Å². The minimum Gasteiger partial charge on any atom is -0.406 e. The number of alkyl halides is 3. The Hall–Kier alpha value is -4.38. The summed E-state index contributed by atoms with van der Waals surface area (Å²) in [6.45, 7) is 1.74. The van der Waals surface area contributed by atoms with Gasteiger partial charge in [-0.3, -0.25) is 19.7 Å². The van der Waals surface area contributed by atoms with Gasteiger partial charge in [-0.05, 0) is 60.5 Å². The summed E-state index contributed by atoms with van der Waals surface area (Å²) in [6.07, 6.45) is 1.17. The SMILES string of the molecule is Cc1cc(-c2ccc(CN(C(=O)c3cnc4ccccc4n3)c3cnccn3)s2)ccc1OC(F)(F)F. The number of hydrogen-bond acceptors (Lipinski definition) is 7. The van der Waals surface area contributed by atoms with Gasteiger partial charge in [-0.25, -0.2) is 9.97 Å². The Balaban J connectivity index is 1.43. The summed E-state index contributed by atoms with van der Waals surface area (Å²) in [4.78, 5) is 33.8. The van der Waals surface area contributed by atoms with Gasteiger partial charge in [0.2, 0.25) is 0 Å². The Labute approximate surface area is 213 Å². The smallest absolute Gasteiger partial charge is 0.406 e. The molecule has 0 saturated heterocycles. The molecule has 0 saturated carbocycles. The Morgan fingerprint density at radius 3 is 2.54 bits per heavy atom. The fraction of sp³-hybridized carbons (Fsp3) is 0.115. The maximum absolute atomic E-state index is 13.5. The molecule has 37 heavy (non-hydrogen) atoms. The number of carbonyl (C=O) groups is 1. The van der Waals surface area contributed by atoms with Gasteiger partial charge in [-0.15, -0.1) is 24.5 Å². The molecule has 0 fully saturated rings. The number of ether oxygens (including phenoxy) is 1. The van der Waals surface area contributed by atoms with E-state index >= 15 is 0 Å². The van der Waals surface area contributed by atoms with Crippen molar-refractivity contribution in [2.45, 2.75) is 19.8 Å². The number of thiophene rings is 1. The Kier molecular flexibility index (Phi) is 6.53. The van der Waals surface area contributed by atoms with Gasteiger partial charge >= 0.3 is 6.36 Å². The van der Waals surface area contributed by atoms with Crippen LogP contribution in [-0.2, 0) is 6.54 Å². The van der Waals surface area contributed by atoms with E-state index in [1.807, 2.05) is 30.3 Å². The molecule has 1 amide bonds. The van der Waals surface area contributed by atoms with E-state index in [-0.39, 0.29) is 18.0 Å². The van der Waals surface area contributed by atoms with Crippen molar-refractivity contribution >= 4 is 34.1 Å². The van der Waals surface area contributed by atoms with E-state index in [1.54, 1.807) is 25.1 Å². The van der Waals surface area contributed by atoms with Crippen LogP contribution in [0.25, 0.3) is 21.5 Å². The number of hydrogen-bond donors (Lipinski definition) is 0. The van der Waals surface area contributed by atoms with Crippen molar-refractivity contribution in [3.05, 3.63) is 95.5 Å². The number of benzene rings is 2. The molecule has 11 heteroatoms. The van der Waals surface area contributed by atoms with Gasteiger partial charge in [0, 0.05) is 22.1 Å². The van der Waals surface area contributed by atoms with Crippen LogP contribution >= 0.6 is 11.3 Å². The molecule has 0 N–H and O–H groups in total. The summed E-state index contributed by atoms with van der Waals surface area (Å²) in [5, 5.41) is 0. The molecular formula is C26H18F3N5O2S. The molecule has 3 aromatic heterocycles. The lowest BCUT2D eigenvalue weighted by atomic mass is 10.1. The second-order valence-corrected chi connectivity index (χ2v) is 9.16.